The molecule has 1 aliphatic rings. The Morgan fingerprint density at radius 3 is 2.43 bits per heavy atom. The lowest BCUT2D eigenvalue weighted by Crippen LogP contribution is -2.54. The highest BCUT2D eigenvalue weighted by atomic mass is 16.2. The van der Waals surface area contributed by atoms with Crippen molar-refractivity contribution in [2.24, 2.45) is 0 Å². The van der Waals surface area contributed by atoms with Gasteiger partial charge >= 0.3 is 0 Å². The van der Waals surface area contributed by atoms with Crippen LogP contribution in [0.25, 0.3) is 0 Å². The largest absolute Gasteiger partial charge is 0.399 e. The number of nitrogen functional groups attached to an aromatic ring is 1. The van der Waals surface area contributed by atoms with Crippen LogP contribution in [0.2, 0.25) is 0 Å². The molecule has 5 heteroatoms. The van der Waals surface area contributed by atoms with E-state index in [1.165, 1.54) is 6.92 Å². The zero-order valence-corrected chi connectivity index (χ0v) is 12.4. The highest BCUT2D eigenvalue weighted by Crippen LogP contribution is 2.38. The predicted molar refractivity (Wildman–Crippen MR) is 79.5 cm³/mol. The lowest BCUT2D eigenvalue weighted by atomic mass is 9.71. The van der Waals surface area contributed by atoms with Crippen molar-refractivity contribution in [3.05, 3.63) is 29.8 Å². The lowest BCUT2D eigenvalue weighted by Gasteiger charge is -2.40. The molecule has 1 heterocycles. The molecule has 1 aromatic rings. The van der Waals surface area contributed by atoms with Crippen LogP contribution in [0.15, 0.2) is 24.3 Å². The molecule has 1 fully saturated rings. The van der Waals surface area contributed by atoms with E-state index in [1.54, 1.807) is 12.1 Å². The van der Waals surface area contributed by atoms with Crippen LogP contribution in [-0.4, -0.2) is 29.0 Å². The molecule has 0 aliphatic carbocycles. The van der Waals surface area contributed by atoms with E-state index in [-0.39, 0.29) is 30.6 Å². The molecule has 0 saturated carbocycles. The van der Waals surface area contributed by atoms with Crippen LogP contribution in [0.3, 0.4) is 0 Å². The quantitative estimate of drug-likeness (QED) is 0.675. The fourth-order valence-electron chi connectivity index (χ4n) is 2.92. The number of nitrogens with zero attached hydrogens (tertiary/aromatic N) is 1. The monoisotopic (exact) mass is 288 g/mol. The number of hydrogen-bond donors (Lipinski definition) is 1. The van der Waals surface area contributed by atoms with Crippen LogP contribution in [0.4, 0.5) is 5.69 Å². The summed E-state index contributed by atoms with van der Waals surface area (Å²) in [6, 6.07) is 7.18. The summed E-state index contributed by atoms with van der Waals surface area (Å²) in [6.45, 7) is 3.16. The molecule has 1 saturated heterocycles. The van der Waals surface area contributed by atoms with Crippen LogP contribution >= 0.6 is 0 Å². The normalized spacial score (nSPS) is 22.5. The average Bonchev–Trinajstić information content (AvgIpc) is 2.45. The molecule has 112 valence electrons. The number of rotatable bonds is 4. The minimum absolute atomic E-state index is 0.144. The van der Waals surface area contributed by atoms with E-state index < -0.39 is 5.41 Å². The van der Waals surface area contributed by atoms with Gasteiger partial charge in [-0.1, -0.05) is 19.1 Å². The Labute approximate surface area is 124 Å². The first-order chi connectivity index (χ1) is 9.90. The van der Waals surface area contributed by atoms with Crippen molar-refractivity contribution < 1.29 is 14.4 Å². The van der Waals surface area contributed by atoms with Gasteiger partial charge in [0.25, 0.3) is 0 Å². The van der Waals surface area contributed by atoms with Gasteiger partial charge in [0.2, 0.25) is 11.8 Å². The van der Waals surface area contributed by atoms with Crippen LogP contribution in [-0.2, 0) is 19.8 Å². The van der Waals surface area contributed by atoms with E-state index in [2.05, 4.69) is 0 Å². The minimum atomic E-state index is -0.739. The number of likely N-dealkylation sites (tertiary alicyclic amines) is 1. The third kappa shape index (κ3) is 2.68. The summed E-state index contributed by atoms with van der Waals surface area (Å²) in [5, 5.41) is 0. The van der Waals surface area contributed by atoms with Crippen molar-refractivity contribution in [2.45, 2.75) is 38.5 Å². The van der Waals surface area contributed by atoms with E-state index in [9.17, 15) is 14.4 Å². The van der Waals surface area contributed by atoms with Gasteiger partial charge < -0.3 is 5.73 Å². The van der Waals surface area contributed by atoms with Crippen molar-refractivity contribution >= 4 is 23.3 Å². The second-order valence-electron chi connectivity index (χ2n) is 5.54. The van der Waals surface area contributed by atoms with Crippen molar-refractivity contribution in [3.8, 4) is 0 Å². The summed E-state index contributed by atoms with van der Waals surface area (Å²) >= 11 is 0. The smallest absolute Gasteiger partial charge is 0.240 e. The van der Waals surface area contributed by atoms with Gasteiger partial charge in [-0.2, -0.15) is 0 Å². The summed E-state index contributed by atoms with van der Waals surface area (Å²) in [4.78, 5) is 37.2. The van der Waals surface area contributed by atoms with Crippen LogP contribution in [0.5, 0.6) is 0 Å². The number of hydrogen-bond acceptors (Lipinski definition) is 4. The topological polar surface area (TPSA) is 80.5 Å². The Bertz CT molecular complexity index is 580. The number of Topliss-reactive ketones (excluding diaryl/α,β-unsaturated/α-hetero) is 1. The molecular formula is C16H20N2O3. The maximum Gasteiger partial charge on any atom is 0.240 e. The van der Waals surface area contributed by atoms with Gasteiger partial charge in [-0.25, -0.2) is 0 Å². The van der Waals surface area contributed by atoms with Crippen molar-refractivity contribution in [1.82, 2.24) is 4.90 Å². The molecular weight excluding hydrogens is 268 g/mol. The minimum Gasteiger partial charge on any atom is -0.399 e. The number of ketones is 1. The molecule has 2 rings (SSSR count). The molecule has 0 bridgehead atoms. The number of carbonyl (C=O) groups is 3. The van der Waals surface area contributed by atoms with Gasteiger partial charge in [0, 0.05) is 12.1 Å². The zero-order chi connectivity index (χ0) is 15.6. The fraction of sp³-hybridized carbons (Fsp3) is 0.438. The maximum absolute atomic E-state index is 12.8. The second kappa shape index (κ2) is 5.68. The summed E-state index contributed by atoms with van der Waals surface area (Å²) in [5.41, 5.74) is 6.44. The Morgan fingerprint density at radius 2 is 1.90 bits per heavy atom. The number of benzene rings is 1. The molecule has 1 aromatic carbocycles. The van der Waals surface area contributed by atoms with Gasteiger partial charge in [-0.3, -0.25) is 19.3 Å². The maximum atomic E-state index is 12.8. The summed E-state index contributed by atoms with van der Waals surface area (Å²) in [5.74, 6) is -0.739. The van der Waals surface area contributed by atoms with E-state index in [4.69, 9.17) is 5.73 Å². The molecule has 1 aliphatic heterocycles. The van der Waals surface area contributed by atoms with Gasteiger partial charge in [0.15, 0.2) is 0 Å². The summed E-state index contributed by atoms with van der Waals surface area (Å²) in [7, 11) is 0. The Morgan fingerprint density at radius 1 is 1.29 bits per heavy atom. The first-order valence-electron chi connectivity index (χ1n) is 7.11. The molecule has 1 unspecified atom stereocenters. The SMILES string of the molecule is CCC1(c2ccc(N)cc2)CCC(=O)N(CC(C)=O)C1=O. The highest BCUT2D eigenvalue weighted by Gasteiger charge is 2.47. The number of carbonyl (C=O) groups excluding carboxylic acids is 3. The number of imide groups is 1. The first-order valence-corrected chi connectivity index (χ1v) is 7.11. The average molecular weight is 288 g/mol. The van der Waals surface area contributed by atoms with Crippen molar-refractivity contribution in [2.75, 3.05) is 12.3 Å². The van der Waals surface area contributed by atoms with Gasteiger partial charge in [-0.15, -0.1) is 0 Å². The van der Waals surface area contributed by atoms with E-state index >= 15 is 0 Å². The van der Waals surface area contributed by atoms with Gasteiger partial charge in [0.05, 0.1) is 12.0 Å². The molecule has 0 aromatic heterocycles. The number of nitrogens with two attached hydrogens (primary N) is 1. The molecule has 5 nitrogen and oxygen atoms in total. The predicted octanol–water partition coefficient (Wildman–Crippen LogP) is 1.65. The van der Waals surface area contributed by atoms with E-state index in [1.807, 2.05) is 19.1 Å². The fourth-order valence-corrected chi connectivity index (χ4v) is 2.92. The number of piperidine rings is 1. The molecule has 21 heavy (non-hydrogen) atoms. The number of amides is 2. The van der Waals surface area contributed by atoms with E-state index in [0.717, 1.165) is 10.5 Å². The van der Waals surface area contributed by atoms with E-state index in [0.29, 0.717) is 18.5 Å². The van der Waals surface area contributed by atoms with Crippen molar-refractivity contribution in [1.29, 1.82) is 0 Å². The van der Waals surface area contributed by atoms with Gasteiger partial charge in [-0.05, 0) is 37.5 Å². The summed E-state index contributed by atoms with van der Waals surface area (Å²) < 4.78 is 0. The third-order valence-electron chi connectivity index (χ3n) is 4.17. The Balaban J connectivity index is 2.42. The molecule has 1 atom stereocenters. The molecule has 2 amide bonds. The highest BCUT2D eigenvalue weighted by molar-refractivity contribution is 6.05. The van der Waals surface area contributed by atoms with Crippen LogP contribution < -0.4 is 5.73 Å². The molecule has 0 radical (unpaired) electrons. The molecule has 2 N–H and O–H groups in total. The summed E-state index contributed by atoms with van der Waals surface area (Å²) in [6.07, 6.45) is 1.33. The standard InChI is InChI=1S/C16H20N2O3/c1-3-16(12-4-6-13(17)7-5-12)9-8-14(20)18(15(16)21)10-11(2)19/h4-7H,3,8-10,17H2,1-2H3. The van der Waals surface area contributed by atoms with Crippen LogP contribution in [0.1, 0.15) is 38.7 Å². The van der Waals surface area contributed by atoms with Gasteiger partial charge in [0.1, 0.15) is 5.78 Å². The number of anilines is 1. The first kappa shape index (κ1) is 15.2. The van der Waals surface area contributed by atoms with Crippen LogP contribution in [0, 0.1) is 0 Å². The lowest BCUT2D eigenvalue weighted by molar-refractivity contribution is -0.155. The van der Waals surface area contributed by atoms with Crippen molar-refractivity contribution in [3.63, 3.8) is 0 Å². The third-order valence-corrected chi connectivity index (χ3v) is 4.17. The second-order valence-corrected chi connectivity index (χ2v) is 5.54. The zero-order valence-electron chi connectivity index (χ0n) is 12.4. The molecule has 0 spiro atoms. The Kier molecular flexibility index (Phi) is 4.11. The Hall–Kier alpha value is -2.17.